The molecule has 0 aromatic rings. The summed E-state index contributed by atoms with van der Waals surface area (Å²) in [5.74, 6) is 0. The molecule has 27 heavy (non-hydrogen) atoms. The Morgan fingerprint density at radius 2 is 0.963 bits per heavy atom. The van der Waals surface area contributed by atoms with Crippen molar-refractivity contribution in [3.63, 3.8) is 0 Å². The Bertz CT molecular complexity index is 288. The predicted molar refractivity (Wildman–Crippen MR) is 118 cm³/mol. The maximum Gasteiger partial charge on any atom is 0.0834 e. The van der Waals surface area contributed by atoms with Crippen molar-refractivity contribution in [3.8, 4) is 0 Å². The Morgan fingerprint density at radius 1 is 0.630 bits per heavy atom. The van der Waals surface area contributed by atoms with Crippen LogP contribution < -0.4 is 0 Å². The van der Waals surface area contributed by atoms with E-state index in [0.717, 1.165) is 19.4 Å². The van der Waals surface area contributed by atoms with Crippen LogP contribution in [0.2, 0.25) is 0 Å². The Morgan fingerprint density at radius 3 is 1.30 bits per heavy atom. The summed E-state index contributed by atoms with van der Waals surface area (Å²) in [6, 6.07) is 0. The average Bonchev–Trinajstić information content (AvgIpc) is 3.47. The van der Waals surface area contributed by atoms with E-state index in [0.29, 0.717) is 6.10 Å². The van der Waals surface area contributed by atoms with Gasteiger partial charge in [0.05, 0.1) is 18.8 Å². The van der Waals surface area contributed by atoms with Gasteiger partial charge in [-0.05, 0) is 6.42 Å². The fourth-order valence-electron chi connectivity index (χ4n) is 4.08. The summed E-state index contributed by atoms with van der Waals surface area (Å²) in [5, 5.41) is 9.82. The monoisotopic (exact) mass is 382 g/mol. The molecule has 0 spiro atoms. The lowest BCUT2D eigenvalue weighted by Crippen LogP contribution is -2.09. The van der Waals surface area contributed by atoms with Gasteiger partial charge in [-0.2, -0.15) is 0 Å². The normalized spacial score (nSPS) is 17.3. The molecule has 2 atom stereocenters. The third kappa shape index (κ3) is 19.0. The summed E-state index contributed by atoms with van der Waals surface area (Å²) in [4.78, 5) is 0. The summed E-state index contributed by atoms with van der Waals surface area (Å²) < 4.78 is 5.16. The maximum absolute atomic E-state index is 9.82. The SMILES string of the molecule is CCCCCCCCCCCCCCCCCCCCCC(O)CC1CO1. The minimum absolute atomic E-state index is 0.122. The zero-order chi connectivity index (χ0) is 19.4. The van der Waals surface area contributed by atoms with Crippen LogP contribution >= 0.6 is 0 Å². The number of ether oxygens (including phenoxy) is 1. The summed E-state index contributed by atoms with van der Waals surface area (Å²) in [5.41, 5.74) is 0. The Labute approximate surface area is 170 Å². The molecular formula is C25H50O2. The van der Waals surface area contributed by atoms with Crippen LogP contribution in [0.25, 0.3) is 0 Å². The molecule has 1 N–H and O–H groups in total. The second-order valence-corrected chi connectivity index (χ2v) is 9.00. The molecule has 0 saturated carbocycles. The first-order valence-electron chi connectivity index (χ1n) is 12.6. The van der Waals surface area contributed by atoms with E-state index in [1.165, 1.54) is 122 Å². The van der Waals surface area contributed by atoms with Crippen LogP contribution in [0.1, 0.15) is 142 Å². The van der Waals surface area contributed by atoms with E-state index in [4.69, 9.17) is 4.74 Å². The number of hydrogen-bond donors (Lipinski definition) is 1. The topological polar surface area (TPSA) is 32.8 Å². The lowest BCUT2D eigenvalue weighted by molar-refractivity contribution is 0.139. The quantitative estimate of drug-likeness (QED) is 0.152. The van der Waals surface area contributed by atoms with E-state index in [1.807, 2.05) is 0 Å². The van der Waals surface area contributed by atoms with Crippen molar-refractivity contribution in [2.24, 2.45) is 0 Å². The summed E-state index contributed by atoms with van der Waals surface area (Å²) in [6.07, 6.45) is 29.0. The highest BCUT2D eigenvalue weighted by Gasteiger charge is 2.25. The first-order chi connectivity index (χ1) is 13.3. The predicted octanol–water partition coefficient (Wildman–Crippen LogP) is 7.96. The Kier molecular flexibility index (Phi) is 17.8. The van der Waals surface area contributed by atoms with Gasteiger partial charge in [-0.15, -0.1) is 0 Å². The number of hydrogen-bond acceptors (Lipinski definition) is 2. The van der Waals surface area contributed by atoms with Crippen LogP contribution in [-0.2, 0) is 4.74 Å². The molecule has 2 nitrogen and oxygen atoms in total. The minimum atomic E-state index is -0.122. The summed E-state index contributed by atoms with van der Waals surface area (Å²) in [6.45, 7) is 3.16. The van der Waals surface area contributed by atoms with Crippen LogP contribution in [0.5, 0.6) is 0 Å². The standard InChI is InChI=1S/C25H50O2/c1-2-3-4-5-6-7-8-9-10-11-12-13-14-15-16-17-18-19-20-21-24(26)22-25-23-27-25/h24-26H,2-23H2,1H3. The molecule has 0 aliphatic carbocycles. The van der Waals surface area contributed by atoms with E-state index in [1.54, 1.807) is 0 Å². The molecule has 1 aliphatic heterocycles. The Balaban J connectivity index is 1.63. The molecule has 1 rings (SSSR count). The molecule has 0 aromatic carbocycles. The average molecular weight is 383 g/mol. The van der Waals surface area contributed by atoms with Crippen LogP contribution in [-0.4, -0.2) is 23.9 Å². The minimum Gasteiger partial charge on any atom is -0.393 e. The smallest absolute Gasteiger partial charge is 0.0834 e. The zero-order valence-corrected chi connectivity index (χ0v) is 18.6. The van der Waals surface area contributed by atoms with Gasteiger partial charge in [-0.3, -0.25) is 0 Å². The van der Waals surface area contributed by atoms with Crippen molar-refractivity contribution in [3.05, 3.63) is 0 Å². The van der Waals surface area contributed by atoms with Crippen molar-refractivity contribution in [2.45, 2.75) is 154 Å². The first-order valence-corrected chi connectivity index (χ1v) is 12.6. The number of rotatable bonds is 22. The van der Waals surface area contributed by atoms with Gasteiger partial charge < -0.3 is 9.84 Å². The number of aliphatic hydroxyl groups is 1. The third-order valence-electron chi connectivity index (χ3n) is 6.08. The third-order valence-corrected chi connectivity index (χ3v) is 6.08. The van der Waals surface area contributed by atoms with Gasteiger partial charge in [0.15, 0.2) is 0 Å². The van der Waals surface area contributed by atoms with Crippen LogP contribution in [0.4, 0.5) is 0 Å². The highest BCUT2D eigenvalue weighted by Crippen LogP contribution is 2.19. The number of aliphatic hydroxyl groups excluding tert-OH is 1. The first kappa shape index (κ1) is 25.0. The van der Waals surface area contributed by atoms with E-state index >= 15 is 0 Å². The van der Waals surface area contributed by atoms with E-state index in [2.05, 4.69) is 6.92 Å². The lowest BCUT2D eigenvalue weighted by atomic mass is 10.0. The van der Waals surface area contributed by atoms with Gasteiger partial charge in [0.25, 0.3) is 0 Å². The van der Waals surface area contributed by atoms with Crippen molar-refractivity contribution in [1.29, 1.82) is 0 Å². The van der Waals surface area contributed by atoms with Crippen molar-refractivity contribution in [2.75, 3.05) is 6.61 Å². The largest absolute Gasteiger partial charge is 0.393 e. The molecule has 1 fully saturated rings. The van der Waals surface area contributed by atoms with Gasteiger partial charge in [-0.25, -0.2) is 0 Å². The van der Waals surface area contributed by atoms with Crippen molar-refractivity contribution < 1.29 is 9.84 Å². The molecule has 2 unspecified atom stereocenters. The van der Waals surface area contributed by atoms with Gasteiger partial charge in [0.1, 0.15) is 0 Å². The fraction of sp³-hybridized carbons (Fsp3) is 1.00. The zero-order valence-electron chi connectivity index (χ0n) is 18.6. The summed E-state index contributed by atoms with van der Waals surface area (Å²) >= 11 is 0. The molecule has 0 aromatic heterocycles. The van der Waals surface area contributed by atoms with Crippen LogP contribution in [0.3, 0.4) is 0 Å². The van der Waals surface area contributed by atoms with E-state index < -0.39 is 0 Å². The molecule has 0 amide bonds. The molecular weight excluding hydrogens is 332 g/mol. The number of epoxide rings is 1. The lowest BCUT2D eigenvalue weighted by Gasteiger charge is -2.08. The summed E-state index contributed by atoms with van der Waals surface area (Å²) in [7, 11) is 0. The van der Waals surface area contributed by atoms with E-state index in [9.17, 15) is 5.11 Å². The van der Waals surface area contributed by atoms with Gasteiger partial charge in [0, 0.05) is 6.42 Å². The molecule has 1 aliphatic rings. The highest BCUT2D eigenvalue weighted by atomic mass is 16.6. The van der Waals surface area contributed by atoms with E-state index in [-0.39, 0.29) is 6.10 Å². The van der Waals surface area contributed by atoms with Gasteiger partial charge in [0.2, 0.25) is 0 Å². The highest BCUT2D eigenvalue weighted by molar-refractivity contribution is 4.73. The molecule has 162 valence electrons. The molecule has 1 saturated heterocycles. The van der Waals surface area contributed by atoms with Crippen molar-refractivity contribution >= 4 is 0 Å². The van der Waals surface area contributed by atoms with Crippen LogP contribution in [0.15, 0.2) is 0 Å². The maximum atomic E-state index is 9.82. The molecule has 0 radical (unpaired) electrons. The number of unbranched alkanes of at least 4 members (excludes halogenated alkanes) is 18. The van der Waals surface area contributed by atoms with Gasteiger partial charge in [-0.1, -0.05) is 129 Å². The van der Waals surface area contributed by atoms with Crippen molar-refractivity contribution in [1.82, 2.24) is 0 Å². The Hall–Kier alpha value is -0.0800. The van der Waals surface area contributed by atoms with Crippen LogP contribution in [0, 0.1) is 0 Å². The fourth-order valence-corrected chi connectivity index (χ4v) is 4.08. The van der Waals surface area contributed by atoms with Gasteiger partial charge >= 0.3 is 0 Å². The molecule has 1 heterocycles. The second kappa shape index (κ2) is 19.2. The second-order valence-electron chi connectivity index (χ2n) is 9.00. The molecule has 0 bridgehead atoms. The molecule has 2 heteroatoms.